The number of piperidine rings is 1. The molecule has 0 radical (unpaired) electrons. The molecule has 0 spiro atoms. The van der Waals surface area contributed by atoms with E-state index in [0.717, 1.165) is 37.2 Å². The van der Waals surface area contributed by atoms with Gasteiger partial charge in [0.05, 0.1) is 12.2 Å². The molecule has 2 N–H and O–H groups in total. The van der Waals surface area contributed by atoms with Gasteiger partial charge in [0.1, 0.15) is 0 Å². The van der Waals surface area contributed by atoms with Gasteiger partial charge in [-0.3, -0.25) is 5.10 Å². The largest absolute Gasteiger partial charge is 0.357 e. The number of H-pyrrole nitrogens is 1. The van der Waals surface area contributed by atoms with Crippen LogP contribution in [0.4, 0.5) is 0 Å². The van der Waals surface area contributed by atoms with Crippen LogP contribution in [0.2, 0.25) is 0 Å². The van der Waals surface area contributed by atoms with Gasteiger partial charge in [-0.2, -0.15) is 5.10 Å². The summed E-state index contributed by atoms with van der Waals surface area (Å²) in [7, 11) is 0. The van der Waals surface area contributed by atoms with Crippen LogP contribution < -0.4 is 5.32 Å². The van der Waals surface area contributed by atoms with Gasteiger partial charge in [0, 0.05) is 25.8 Å². The Kier molecular flexibility index (Phi) is 7.19. The molecule has 0 bridgehead atoms. The minimum Gasteiger partial charge on any atom is -0.357 e. The average molecular weight is 377 g/mol. The highest BCUT2D eigenvalue weighted by molar-refractivity contribution is 14.0. The summed E-state index contributed by atoms with van der Waals surface area (Å²) in [5.41, 5.74) is 1.05. The molecule has 2 heterocycles. The van der Waals surface area contributed by atoms with E-state index in [4.69, 9.17) is 0 Å². The predicted molar refractivity (Wildman–Crippen MR) is 88.8 cm³/mol. The molecule has 1 aromatic rings. The Bertz CT molecular complexity index is 368. The van der Waals surface area contributed by atoms with Gasteiger partial charge in [0.15, 0.2) is 5.96 Å². The van der Waals surface area contributed by atoms with Crippen molar-refractivity contribution in [1.82, 2.24) is 20.4 Å². The van der Waals surface area contributed by atoms with Gasteiger partial charge in [-0.05, 0) is 31.7 Å². The zero-order valence-electron chi connectivity index (χ0n) is 11.7. The Morgan fingerprint density at radius 2 is 2.26 bits per heavy atom. The SMILES string of the molecule is CCNC(=NCc1ccn[nH]1)N1CCC(C)CC1.I. The number of likely N-dealkylation sites (tertiary alicyclic amines) is 1. The van der Waals surface area contributed by atoms with Gasteiger partial charge in [-0.15, -0.1) is 24.0 Å². The summed E-state index contributed by atoms with van der Waals surface area (Å²) in [6, 6.07) is 1.96. The van der Waals surface area contributed by atoms with Crippen molar-refractivity contribution in [2.24, 2.45) is 10.9 Å². The molecule has 0 saturated carbocycles. The van der Waals surface area contributed by atoms with E-state index in [-0.39, 0.29) is 24.0 Å². The van der Waals surface area contributed by atoms with Crippen molar-refractivity contribution < 1.29 is 0 Å². The second-order valence-electron chi connectivity index (χ2n) is 4.92. The molecule has 5 nitrogen and oxygen atoms in total. The van der Waals surface area contributed by atoms with Crippen molar-refractivity contribution in [3.8, 4) is 0 Å². The first-order valence-electron chi connectivity index (χ1n) is 6.81. The number of nitrogens with one attached hydrogen (secondary N) is 2. The lowest BCUT2D eigenvalue weighted by Gasteiger charge is -2.32. The third-order valence-electron chi connectivity index (χ3n) is 3.38. The number of aromatic nitrogens is 2. The molecule has 2 rings (SSSR count). The molecule has 0 atom stereocenters. The second kappa shape index (κ2) is 8.39. The Labute approximate surface area is 132 Å². The fourth-order valence-corrected chi connectivity index (χ4v) is 2.18. The Balaban J connectivity index is 0.00000180. The molecule has 19 heavy (non-hydrogen) atoms. The van der Waals surface area contributed by atoms with Crippen LogP contribution in [0.25, 0.3) is 0 Å². The number of aromatic amines is 1. The maximum atomic E-state index is 4.66. The molecule has 6 heteroatoms. The highest BCUT2D eigenvalue weighted by Gasteiger charge is 2.18. The van der Waals surface area contributed by atoms with Gasteiger partial charge >= 0.3 is 0 Å². The summed E-state index contributed by atoms with van der Waals surface area (Å²) < 4.78 is 0. The molecule has 0 amide bonds. The highest BCUT2D eigenvalue weighted by Crippen LogP contribution is 2.16. The lowest BCUT2D eigenvalue weighted by atomic mass is 10.00. The number of hydrogen-bond acceptors (Lipinski definition) is 2. The Morgan fingerprint density at radius 3 is 2.84 bits per heavy atom. The van der Waals surface area contributed by atoms with Crippen molar-refractivity contribution in [2.45, 2.75) is 33.2 Å². The van der Waals surface area contributed by atoms with Crippen molar-refractivity contribution in [3.63, 3.8) is 0 Å². The summed E-state index contributed by atoms with van der Waals surface area (Å²) in [4.78, 5) is 7.03. The minimum atomic E-state index is 0. The van der Waals surface area contributed by atoms with Gasteiger partial charge in [-0.1, -0.05) is 6.92 Å². The fraction of sp³-hybridized carbons (Fsp3) is 0.692. The number of halogens is 1. The monoisotopic (exact) mass is 377 g/mol. The van der Waals surface area contributed by atoms with Crippen LogP contribution in [-0.2, 0) is 6.54 Å². The molecule has 1 aliphatic heterocycles. The van der Waals surface area contributed by atoms with E-state index in [1.54, 1.807) is 6.20 Å². The van der Waals surface area contributed by atoms with E-state index in [0.29, 0.717) is 6.54 Å². The van der Waals surface area contributed by atoms with Crippen LogP contribution in [0.15, 0.2) is 17.3 Å². The summed E-state index contributed by atoms with van der Waals surface area (Å²) in [6.45, 7) is 8.22. The van der Waals surface area contributed by atoms with E-state index >= 15 is 0 Å². The van der Waals surface area contributed by atoms with Crippen molar-refractivity contribution in [3.05, 3.63) is 18.0 Å². The fourth-order valence-electron chi connectivity index (χ4n) is 2.18. The molecule has 1 saturated heterocycles. The number of nitrogens with zero attached hydrogens (tertiary/aromatic N) is 3. The smallest absolute Gasteiger partial charge is 0.194 e. The molecule has 0 aliphatic carbocycles. The number of hydrogen-bond donors (Lipinski definition) is 2. The van der Waals surface area contributed by atoms with E-state index in [2.05, 4.69) is 39.3 Å². The van der Waals surface area contributed by atoms with Gasteiger partial charge in [0.2, 0.25) is 0 Å². The first-order valence-corrected chi connectivity index (χ1v) is 6.81. The summed E-state index contributed by atoms with van der Waals surface area (Å²) >= 11 is 0. The second-order valence-corrected chi connectivity index (χ2v) is 4.92. The van der Waals surface area contributed by atoms with Crippen LogP contribution in [-0.4, -0.2) is 40.7 Å². The summed E-state index contributed by atoms with van der Waals surface area (Å²) in [5.74, 6) is 1.87. The number of guanidine groups is 1. The van der Waals surface area contributed by atoms with Gasteiger partial charge < -0.3 is 10.2 Å². The molecule has 0 aromatic carbocycles. The summed E-state index contributed by atoms with van der Waals surface area (Å²) in [5, 5.41) is 10.3. The van der Waals surface area contributed by atoms with E-state index in [9.17, 15) is 0 Å². The Morgan fingerprint density at radius 1 is 1.53 bits per heavy atom. The lowest BCUT2D eigenvalue weighted by Crippen LogP contribution is -2.45. The third-order valence-corrected chi connectivity index (χ3v) is 3.38. The maximum Gasteiger partial charge on any atom is 0.194 e. The third kappa shape index (κ3) is 5.00. The van der Waals surface area contributed by atoms with Crippen LogP contribution in [0.5, 0.6) is 0 Å². The number of rotatable bonds is 3. The molecule has 108 valence electrons. The van der Waals surface area contributed by atoms with Crippen LogP contribution in [0, 0.1) is 5.92 Å². The lowest BCUT2D eigenvalue weighted by molar-refractivity contribution is 0.273. The first kappa shape index (κ1) is 16.3. The highest BCUT2D eigenvalue weighted by atomic mass is 127. The quantitative estimate of drug-likeness (QED) is 0.483. The van der Waals surface area contributed by atoms with Crippen molar-refractivity contribution in [1.29, 1.82) is 0 Å². The zero-order chi connectivity index (χ0) is 12.8. The standard InChI is InChI=1S/C13H23N5.HI/c1-3-14-13(15-10-12-4-7-16-17-12)18-8-5-11(2)6-9-18;/h4,7,11H,3,5-6,8-10H2,1-2H3,(H,14,15)(H,16,17);1H. The summed E-state index contributed by atoms with van der Waals surface area (Å²) in [6.07, 6.45) is 4.28. The van der Waals surface area contributed by atoms with Crippen LogP contribution >= 0.6 is 24.0 Å². The van der Waals surface area contributed by atoms with Crippen molar-refractivity contribution in [2.75, 3.05) is 19.6 Å². The maximum absolute atomic E-state index is 4.66. The molecule has 1 aromatic heterocycles. The zero-order valence-corrected chi connectivity index (χ0v) is 14.1. The molecule has 0 unspecified atom stereocenters. The van der Waals surface area contributed by atoms with Crippen molar-refractivity contribution >= 4 is 29.9 Å². The van der Waals surface area contributed by atoms with E-state index < -0.39 is 0 Å². The van der Waals surface area contributed by atoms with Crippen LogP contribution in [0.1, 0.15) is 32.4 Å². The topological polar surface area (TPSA) is 56.3 Å². The van der Waals surface area contributed by atoms with E-state index in [1.807, 2.05) is 6.07 Å². The first-order chi connectivity index (χ1) is 8.79. The Hall–Kier alpha value is -0.790. The number of aliphatic imine (C=N–C) groups is 1. The van der Waals surface area contributed by atoms with Gasteiger partial charge in [-0.25, -0.2) is 4.99 Å². The molecular weight excluding hydrogens is 353 g/mol. The van der Waals surface area contributed by atoms with Crippen LogP contribution in [0.3, 0.4) is 0 Å². The molecular formula is C13H24IN5. The molecule has 1 aliphatic rings. The molecule has 1 fully saturated rings. The van der Waals surface area contributed by atoms with E-state index in [1.165, 1.54) is 12.8 Å². The predicted octanol–water partition coefficient (Wildman–Crippen LogP) is 2.23. The normalized spacial score (nSPS) is 17.2. The minimum absolute atomic E-state index is 0. The van der Waals surface area contributed by atoms with Gasteiger partial charge in [0.25, 0.3) is 0 Å². The average Bonchev–Trinajstić information content (AvgIpc) is 2.89.